The molecule has 0 bridgehead atoms. The molecule has 0 spiro atoms. The zero-order valence-electron chi connectivity index (χ0n) is 18.6. The molecule has 33 heavy (non-hydrogen) atoms. The van der Waals surface area contributed by atoms with Crippen LogP contribution in [0.5, 0.6) is 5.75 Å². The fourth-order valence-electron chi connectivity index (χ4n) is 4.18. The lowest BCUT2D eigenvalue weighted by atomic mass is 9.87. The Balaban J connectivity index is 1.59. The van der Waals surface area contributed by atoms with Gasteiger partial charge in [-0.25, -0.2) is 14.4 Å². The number of carbonyl (C=O) groups is 3. The summed E-state index contributed by atoms with van der Waals surface area (Å²) in [5.41, 5.74) is 0.704. The van der Waals surface area contributed by atoms with E-state index in [0.717, 1.165) is 21.4 Å². The molecular formula is C25H24N2O6. The van der Waals surface area contributed by atoms with Crippen LogP contribution in [0.1, 0.15) is 37.0 Å². The molecule has 3 aromatic rings. The Morgan fingerprint density at radius 3 is 2.48 bits per heavy atom. The number of hydrogen-bond donors (Lipinski definition) is 1. The van der Waals surface area contributed by atoms with Crippen LogP contribution in [-0.2, 0) is 21.5 Å². The molecule has 3 amide bonds. The monoisotopic (exact) mass is 448 g/mol. The van der Waals surface area contributed by atoms with E-state index in [1.165, 1.54) is 12.1 Å². The Morgan fingerprint density at radius 2 is 1.82 bits per heavy atom. The third-order valence-electron chi connectivity index (χ3n) is 6.00. The summed E-state index contributed by atoms with van der Waals surface area (Å²) in [5, 5.41) is 3.49. The molecule has 2 aromatic carbocycles. The molecule has 1 atom stereocenters. The van der Waals surface area contributed by atoms with Gasteiger partial charge in [0, 0.05) is 17.5 Å². The number of carbonyl (C=O) groups excluding carboxylic acids is 3. The number of ether oxygens (including phenoxy) is 1. The molecule has 0 radical (unpaired) electrons. The van der Waals surface area contributed by atoms with E-state index in [4.69, 9.17) is 9.15 Å². The molecule has 1 saturated heterocycles. The maximum atomic E-state index is 13.2. The van der Waals surface area contributed by atoms with Crippen molar-refractivity contribution in [3.05, 3.63) is 75.6 Å². The molecule has 170 valence electrons. The Labute approximate surface area is 190 Å². The molecule has 8 nitrogen and oxygen atoms in total. The van der Waals surface area contributed by atoms with Crippen molar-refractivity contribution in [2.24, 2.45) is 0 Å². The standard InChI is InChI=1S/C25H24N2O6/c1-4-16-12-18-15(3)11-21(28)33-20(18)13-19(16)32-22(29)14-27-23(30)25(5-2,26-24(27)31)17-9-7-6-8-10-17/h6-13H,4-5,14H2,1-3H3,(H,26,31). The average Bonchev–Trinajstić information content (AvgIpc) is 3.04. The van der Waals surface area contributed by atoms with Crippen LogP contribution in [0.25, 0.3) is 11.0 Å². The molecule has 0 saturated carbocycles. The van der Waals surface area contributed by atoms with E-state index in [0.29, 0.717) is 24.0 Å². The second kappa shape index (κ2) is 8.54. The fraction of sp³-hybridized carbons (Fsp3) is 0.280. The van der Waals surface area contributed by atoms with E-state index < -0.39 is 35.6 Å². The Bertz CT molecular complexity index is 1310. The predicted molar refractivity (Wildman–Crippen MR) is 121 cm³/mol. The first-order chi connectivity index (χ1) is 15.8. The van der Waals surface area contributed by atoms with Gasteiger partial charge in [-0.2, -0.15) is 0 Å². The third-order valence-corrected chi connectivity index (χ3v) is 6.00. The van der Waals surface area contributed by atoms with Crippen LogP contribution in [0.15, 0.2) is 57.7 Å². The summed E-state index contributed by atoms with van der Waals surface area (Å²) < 4.78 is 10.8. The van der Waals surface area contributed by atoms with Gasteiger partial charge in [0.05, 0.1) is 0 Å². The van der Waals surface area contributed by atoms with Crippen LogP contribution in [0, 0.1) is 6.92 Å². The van der Waals surface area contributed by atoms with E-state index in [1.54, 1.807) is 44.2 Å². The fourth-order valence-corrected chi connectivity index (χ4v) is 4.18. The third kappa shape index (κ3) is 3.88. The predicted octanol–water partition coefficient (Wildman–Crippen LogP) is 3.43. The second-order valence-electron chi connectivity index (χ2n) is 7.98. The van der Waals surface area contributed by atoms with Crippen molar-refractivity contribution in [3.8, 4) is 5.75 Å². The summed E-state index contributed by atoms with van der Waals surface area (Å²) in [4.78, 5) is 51.2. The molecule has 1 aliphatic heterocycles. The molecule has 1 aromatic heterocycles. The van der Waals surface area contributed by atoms with Gasteiger partial charge < -0.3 is 14.5 Å². The van der Waals surface area contributed by atoms with E-state index in [2.05, 4.69) is 5.32 Å². The average molecular weight is 448 g/mol. The van der Waals surface area contributed by atoms with Gasteiger partial charge in [-0.15, -0.1) is 0 Å². The lowest BCUT2D eigenvalue weighted by Crippen LogP contribution is -2.44. The summed E-state index contributed by atoms with van der Waals surface area (Å²) >= 11 is 0. The zero-order valence-corrected chi connectivity index (χ0v) is 18.6. The number of hydrogen-bond acceptors (Lipinski definition) is 6. The lowest BCUT2D eigenvalue weighted by molar-refractivity contribution is -0.141. The first-order valence-corrected chi connectivity index (χ1v) is 10.8. The number of rotatable bonds is 6. The second-order valence-corrected chi connectivity index (χ2v) is 7.98. The Kier molecular flexibility index (Phi) is 5.76. The number of benzene rings is 2. The number of urea groups is 1. The number of amides is 3. The lowest BCUT2D eigenvalue weighted by Gasteiger charge is -2.25. The van der Waals surface area contributed by atoms with E-state index in [9.17, 15) is 19.2 Å². The highest BCUT2D eigenvalue weighted by Gasteiger charge is 2.51. The number of nitrogens with one attached hydrogen (secondary N) is 1. The van der Waals surface area contributed by atoms with Crippen LogP contribution in [0.2, 0.25) is 0 Å². The summed E-state index contributed by atoms with van der Waals surface area (Å²) in [6, 6.07) is 13.0. The Hall–Kier alpha value is -3.94. The molecular weight excluding hydrogens is 424 g/mol. The molecule has 8 heteroatoms. The van der Waals surface area contributed by atoms with E-state index in [1.807, 2.05) is 13.0 Å². The van der Waals surface area contributed by atoms with Crippen molar-refractivity contribution < 1.29 is 23.5 Å². The molecule has 1 aliphatic rings. The molecule has 1 unspecified atom stereocenters. The maximum absolute atomic E-state index is 13.2. The summed E-state index contributed by atoms with van der Waals surface area (Å²) in [5.74, 6) is -1.06. The molecule has 1 fully saturated rings. The summed E-state index contributed by atoms with van der Waals surface area (Å²) in [7, 11) is 0. The first-order valence-electron chi connectivity index (χ1n) is 10.8. The first kappa shape index (κ1) is 22.3. The highest BCUT2D eigenvalue weighted by atomic mass is 16.5. The highest BCUT2D eigenvalue weighted by molar-refractivity contribution is 6.09. The SMILES string of the molecule is CCc1cc2c(C)cc(=O)oc2cc1OC(=O)CN1C(=O)NC(CC)(c2ccccc2)C1=O. The van der Waals surface area contributed by atoms with Crippen molar-refractivity contribution in [2.75, 3.05) is 6.54 Å². The van der Waals surface area contributed by atoms with Crippen molar-refractivity contribution in [2.45, 2.75) is 39.2 Å². The van der Waals surface area contributed by atoms with Gasteiger partial charge in [-0.1, -0.05) is 44.2 Å². The summed E-state index contributed by atoms with van der Waals surface area (Å²) in [6.45, 7) is 4.96. The van der Waals surface area contributed by atoms with Crippen LogP contribution < -0.4 is 15.7 Å². The summed E-state index contributed by atoms with van der Waals surface area (Å²) in [6.07, 6.45) is 0.892. The van der Waals surface area contributed by atoms with Crippen molar-refractivity contribution in [1.29, 1.82) is 0 Å². The zero-order chi connectivity index (χ0) is 23.8. The van der Waals surface area contributed by atoms with E-state index in [-0.39, 0.29) is 5.75 Å². The van der Waals surface area contributed by atoms with Crippen molar-refractivity contribution in [1.82, 2.24) is 10.2 Å². The van der Waals surface area contributed by atoms with Gasteiger partial charge in [0.15, 0.2) is 0 Å². The Morgan fingerprint density at radius 1 is 1.09 bits per heavy atom. The van der Waals surface area contributed by atoms with Crippen LogP contribution in [-0.4, -0.2) is 29.4 Å². The van der Waals surface area contributed by atoms with Crippen LogP contribution in [0.3, 0.4) is 0 Å². The number of fused-ring (bicyclic) bond motifs is 1. The minimum absolute atomic E-state index is 0.223. The van der Waals surface area contributed by atoms with Gasteiger partial charge >= 0.3 is 17.6 Å². The van der Waals surface area contributed by atoms with Crippen LogP contribution >= 0.6 is 0 Å². The van der Waals surface area contributed by atoms with Gasteiger partial charge in [-0.05, 0) is 42.5 Å². The smallest absolute Gasteiger partial charge is 0.336 e. The normalized spacial score (nSPS) is 18.0. The van der Waals surface area contributed by atoms with Crippen LogP contribution in [0.4, 0.5) is 4.79 Å². The molecule has 4 rings (SSSR count). The number of imide groups is 1. The maximum Gasteiger partial charge on any atom is 0.336 e. The molecule has 0 aliphatic carbocycles. The number of nitrogens with zero attached hydrogens (tertiary/aromatic N) is 1. The highest BCUT2D eigenvalue weighted by Crippen LogP contribution is 2.33. The van der Waals surface area contributed by atoms with Gasteiger partial charge in [-0.3, -0.25) is 9.69 Å². The molecule has 1 N–H and O–H groups in total. The largest absolute Gasteiger partial charge is 0.425 e. The number of aryl methyl sites for hydroxylation is 2. The minimum Gasteiger partial charge on any atom is -0.425 e. The van der Waals surface area contributed by atoms with Gasteiger partial charge in [0.2, 0.25) is 0 Å². The molecule has 2 heterocycles. The van der Waals surface area contributed by atoms with Crippen molar-refractivity contribution >= 4 is 28.9 Å². The number of esters is 1. The van der Waals surface area contributed by atoms with Crippen molar-refractivity contribution in [3.63, 3.8) is 0 Å². The minimum atomic E-state index is -1.23. The van der Waals surface area contributed by atoms with Gasteiger partial charge in [0.25, 0.3) is 5.91 Å². The topological polar surface area (TPSA) is 106 Å². The van der Waals surface area contributed by atoms with E-state index >= 15 is 0 Å². The quantitative estimate of drug-likeness (QED) is 0.268. The van der Waals surface area contributed by atoms with Gasteiger partial charge in [0.1, 0.15) is 23.4 Å².